The second-order valence-electron chi connectivity index (χ2n) is 6.72. The number of fused-ring (bicyclic) bond motifs is 2. The molecule has 0 saturated carbocycles. The second kappa shape index (κ2) is 6.36. The van der Waals surface area contributed by atoms with Crippen LogP contribution in [0.25, 0.3) is 27.1 Å². The van der Waals surface area contributed by atoms with E-state index in [0.29, 0.717) is 11.1 Å². The van der Waals surface area contributed by atoms with Gasteiger partial charge < -0.3 is 4.42 Å². The number of ketones is 2. The van der Waals surface area contributed by atoms with Crippen molar-refractivity contribution in [3.63, 3.8) is 0 Å². The van der Waals surface area contributed by atoms with Crippen molar-refractivity contribution in [2.24, 2.45) is 0 Å². The summed E-state index contributed by atoms with van der Waals surface area (Å²) >= 11 is 3.02. The maximum atomic E-state index is 12.8. The van der Waals surface area contributed by atoms with E-state index in [1.54, 1.807) is 12.3 Å². The van der Waals surface area contributed by atoms with Gasteiger partial charge in [0, 0.05) is 33.6 Å². The number of carbonyl (C=O) groups is 2. The molecule has 0 amide bonds. The van der Waals surface area contributed by atoms with Gasteiger partial charge in [-0.25, -0.2) is 4.98 Å². The maximum Gasteiger partial charge on any atom is 0.197 e. The Morgan fingerprint density at radius 2 is 1.89 bits per heavy atom. The van der Waals surface area contributed by atoms with Crippen molar-refractivity contribution in [1.82, 2.24) is 4.98 Å². The zero-order chi connectivity index (χ0) is 19.4. The summed E-state index contributed by atoms with van der Waals surface area (Å²) in [5.41, 5.74) is 4.15. The largest absolute Gasteiger partial charge is 0.453 e. The summed E-state index contributed by atoms with van der Waals surface area (Å²) < 4.78 is 6.85. The van der Waals surface area contributed by atoms with Gasteiger partial charge in [0.15, 0.2) is 22.3 Å². The monoisotopic (exact) mass is 405 g/mol. The van der Waals surface area contributed by atoms with E-state index in [9.17, 15) is 9.59 Å². The molecule has 28 heavy (non-hydrogen) atoms. The standard InChI is InChI=1S/C22H15NO3S2/c1-3-12-7-15-14(6-11(12)2)20(24)16(21(15)25)8-13-9-17-19(28-13)10-18(26-17)22-23-4-5-27-22/h4-10H,3H2,1-2H3/b16-8+. The first kappa shape index (κ1) is 17.3. The van der Waals surface area contributed by atoms with E-state index >= 15 is 0 Å². The van der Waals surface area contributed by atoms with Crippen LogP contribution in [0.3, 0.4) is 0 Å². The number of aromatic nitrogens is 1. The SMILES string of the molecule is CCc1cc2c(cc1C)C(=O)/C(=C\c1cc3oc(-c4nccs4)cc3s1)C2=O. The molecule has 0 N–H and O–H groups in total. The van der Waals surface area contributed by atoms with E-state index in [2.05, 4.69) is 4.98 Å². The Kier molecular flexibility index (Phi) is 3.92. The molecule has 0 aliphatic heterocycles. The van der Waals surface area contributed by atoms with Gasteiger partial charge in [0.25, 0.3) is 0 Å². The van der Waals surface area contributed by atoms with E-state index in [0.717, 1.165) is 43.5 Å². The van der Waals surface area contributed by atoms with Gasteiger partial charge in [-0.1, -0.05) is 6.92 Å². The van der Waals surface area contributed by atoms with E-state index in [4.69, 9.17) is 4.42 Å². The summed E-state index contributed by atoms with van der Waals surface area (Å²) in [6, 6.07) is 7.53. The van der Waals surface area contributed by atoms with Gasteiger partial charge in [-0.3, -0.25) is 9.59 Å². The number of hydrogen-bond acceptors (Lipinski definition) is 6. The number of rotatable bonds is 3. The highest BCUT2D eigenvalue weighted by molar-refractivity contribution is 7.20. The van der Waals surface area contributed by atoms with Crippen molar-refractivity contribution in [1.29, 1.82) is 0 Å². The number of carbonyl (C=O) groups excluding carboxylic acids is 2. The molecule has 0 spiro atoms. The maximum absolute atomic E-state index is 12.8. The lowest BCUT2D eigenvalue weighted by Crippen LogP contribution is -1.99. The highest BCUT2D eigenvalue weighted by atomic mass is 32.1. The van der Waals surface area contributed by atoms with Crippen LogP contribution in [0, 0.1) is 6.92 Å². The molecule has 4 aromatic rings. The predicted molar refractivity (Wildman–Crippen MR) is 112 cm³/mol. The molecular formula is C22H15NO3S2. The Labute approximate surface area is 169 Å². The minimum Gasteiger partial charge on any atom is -0.453 e. The Bertz CT molecular complexity index is 1260. The Balaban J connectivity index is 1.53. The van der Waals surface area contributed by atoms with Crippen LogP contribution in [0.15, 0.2) is 45.8 Å². The lowest BCUT2D eigenvalue weighted by atomic mass is 9.99. The minimum atomic E-state index is -0.195. The van der Waals surface area contributed by atoms with Gasteiger partial charge in [0.05, 0.1) is 10.3 Å². The first-order chi connectivity index (χ1) is 13.5. The number of Topliss-reactive ketones (excluding diaryl/α,β-unsaturated/α-hetero) is 2. The average molecular weight is 406 g/mol. The quantitative estimate of drug-likeness (QED) is 0.312. The van der Waals surface area contributed by atoms with E-state index in [-0.39, 0.29) is 17.1 Å². The summed E-state index contributed by atoms with van der Waals surface area (Å²) in [6.07, 6.45) is 4.27. The van der Waals surface area contributed by atoms with Gasteiger partial charge >= 0.3 is 0 Å². The molecule has 4 nitrogen and oxygen atoms in total. The van der Waals surface area contributed by atoms with E-state index < -0.39 is 0 Å². The average Bonchev–Trinajstić information content (AvgIpc) is 3.43. The summed E-state index contributed by atoms with van der Waals surface area (Å²) in [6.45, 7) is 4.03. The van der Waals surface area contributed by atoms with Crippen molar-refractivity contribution in [3.05, 3.63) is 68.5 Å². The molecule has 0 fully saturated rings. The summed E-state index contributed by atoms with van der Waals surface area (Å²) in [5.74, 6) is 0.348. The van der Waals surface area contributed by atoms with Crippen LogP contribution >= 0.6 is 22.7 Å². The third-order valence-electron chi connectivity index (χ3n) is 4.99. The third-order valence-corrected chi connectivity index (χ3v) is 6.79. The lowest BCUT2D eigenvalue weighted by Gasteiger charge is -2.04. The van der Waals surface area contributed by atoms with Crippen molar-refractivity contribution >= 4 is 50.6 Å². The van der Waals surface area contributed by atoms with Crippen LogP contribution in [0.1, 0.15) is 43.6 Å². The number of hydrogen-bond donors (Lipinski definition) is 0. The number of allylic oxidation sites excluding steroid dienone is 1. The van der Waals surface area contributed by atoms with Crippen LogP contribution < -0.4 is 0 Å². The lowest BCUT2D eigenvalue weighted by molar-refractivity contribution is 0.0990. The van der Waals surface area contributed by atoms with Crippen LogP contribution in [-0.4, -0.2) is 16.6 Å². The smallest absolute Gasteiger partial charge is 0.197 e. The fourth-order valence-corrected chi connectivity index (χ4v) is 5.10. The number of thiophene rings is 1. The van der Waals surface area contributed by atoms with Gasteiger partial charge in [-0.2, -0.15) is 0 Å². The molecule has 138 valence electrons. The first-order valence-corrected chi connectivity index (χ1v) is 10.6. The van der Waals surface area contributed by atoms with Crippen molar-refractivity contribution in [3.8, 4) is 10.8 Å². The number of nitrogens with zero attached hydrogens (tertiary/aromatic N) is 1. The van der Waals surface area contributed by atoms with E-state index in [1.165, 1.54) is 22.7 Å². The molecular weight excluding hydrogens is 390 g/mol. The summed E-state index contributed by atoms with van der Waals surface area (Å²) in [4.78, 5) is 30.7. The third kappa shape index (κ3) is 2.60. The fraction of sp³-hybridized carbons (Fsp3) is 0.136. The molecule has 1 aliphatic rings. The van der Waals surface area contributed by atoms with Crippen LogP contribution in [0.2, 0.25) is 0 Å². The zero-order valence-electron chi connectivity index (χ0n) is 15.2. The van der Waals surface area contributed by atoms with Crippen LogP contribution in [0.4, 0.5) is 0 Å². The zero-order valence-corrected chi connectivity index (χ0v) is 16.9. The van der Waals surface area contributed by atoms with Crippen LogP contribution in [0.5, 0.6) is 0 Å². The molecule has 0 unspecified atom stereocenters. The van der Waals surface area contributed by atoms with Gasteiger partial charge in [0.1, 0.15) is 5.58 Å². The molecule has 0 saturated heterocycles. The van der Waals surface area contributed by atoms with E-state index in [1.807, 2.05) is 43.5 Å². The Morgan fingerprint density at radius 1 is 1.11 bits per heavy atom. The summed E-state index contributed by atoms with van der Waals surface area (Å²) in [7, 11) is 0. The molecule has 6 heteroatoms. The van der Waals surface area contributed by atoms with Crippen molar-refractivity contribution < 1.29 is 14.0 Å². The highest BCUT2D eigenvalue weighted by Crippen LogP contribution is 2.37. The molecule has 1 aliphatic carbocycles. The topological polar surface area (TPSA) is 60.2 Å². The Hall–Kier alpha value is -2.83. The van der Waals surface area contributed by atoms with Crippen LogP contribution in [-0.2, 0) is 6.42 Å². The predicted octanol–water partition coefficient (Wildman–Crippen LogP) is 5.95. The molecule has 0 radical (unpaired) electrons. The number of benzene rings is 1. The van der Waals surface area contributed by atoms with Crippen molar-refractivity contribution in [2.45, 2.75) is 20.3 Å². The van der Waals surface area contributed by atoms with Gasteiger partial charge in [0.2, 0.25) is 0 Å². The number of thiazole rings is 1. The fourth-order valence-electron chi connectivity index (χ4n) is 3.55. The van der Waals surface area contributed by atoms with Crippen molar-refractivity contribution in [2.75, 3.05) is 0 Å². The molecule has 3 heterocycles. The first-order valence-electron chi connectivity index (χ1n) is 8.93. The van der Waals surface area contributed by atoms with Gasteiger partial charge in [-0.05, 0) is 48.7 Å². The number of aryl methyl sites for hydroxylation is 2. The molecule has 5 rings (SSSR count). The molecule has 1 aromatic carbocycles. The number of furan rings is 1. The minimum absolute atomic E-state index is 0.191. The Morgan fingerprint density at radius 3 is 2.57 bits per heavy atom. The molecule has 0 bridgehead atoms. The molecule has 3 aromatic heterocycles. The normalized spacial score (nSPS) is 15.1. The molecule has 0 atom stereocenters. The highest BCUT2D eigenvalue weighted by Gasteiger charge is 2.33. The summed E-state index contributed by atoms with van der Waals surface area (Å²) in [5, 5.41) is 2.74. The van der Waals surface area contributed by atoms with Gasteiger partial charge in [-0.15, -0.1) is 22.7 Å². The second-order valence-corrected chi connectivity index (χ2v) is 8.73.